The van der Waals surface area contributed by atoms with Gasteiger partial charge in [0.1, 0.15) is 11.6 Å². The van der Waals surface area contributed by atoms with Gasteiger partial charge in [-0.2, -0.15) is 0 Å². The summed E-state index contributed by atoms with van der Waals surface area (Å²) in [4.78, 5) is 18.0. The van der Waals surface area contributed by atoms with Crippen LogP contribution in [0.1, 0.15) is 24.1 Å². The third-order valence-electron chi connectivity index (χ3n) is 5.61. The first kappa shape index (κ1) is 18.5. The van der Waals surface area contributed by atoms with Gasteiger partial charge in [0.15, 0.2) is 0 Å². The number of nitrogens with zero attached hydrogens (tertiary/aromatic N) is 1. The van der Waals surface area contributed by atoms with E-state index >= 15 is 0 Å². The lowest BCUT2D eigenvalue weighted by Crippen LogP contribution is -2.40. The molecule has 4 nitrogen and oxygen atoms in total. The summed E-state index contributed by atoms with van der Waals surface area (Å²) in [5.74, 6) is 1.19. The molecule has 3 aromatic rings. The molecule has 2 heterocycles. The summed E-state index contributed by atoms with van der Waals surface area (Å²) in [5, 5.41) is 0.803. The Labute approximate surface area is 164 Å². The lowest BCUT2D eigenvalue weighted by atomic mass is 9.97. The van der Waals surface area contributed by atoms with E-state index in [-0.39, 0.29) is 11.7 Å². The van der Waals surface area contributed by atoms with Gasteiger partial charge in [-0.15, -0.1) is 0 Å². The first-order valence-corrected chi connectivity index (χ1v) is 9.82. The largest absolute Gasteiger partial charge is 0.493 e. The van der Waals surface area contributed by atoms with E-state index in [0.717, 1.165) is 53.8 Å². The maximum Gasteiger partial charge on any atom is 0.227 e. The molecule has 5 heteroatoms. The van der Waals surface area contributed by atoms with Crippen LogP contribution in [0.2, 0.25) is 0 Å². The number of aryl methyl sites for hydroxylation is 1. The number of fused-ring (bicyclic) bond motifs is 1. The topological polar surface area (TPSA) is 45.3 Å². The van der Waals surface area contributed by atoms with Crippen LogP contribution in [0.4, 0.5) is 4.39 Å². The van der Waals surface area contributed by atoms with Crippen molar-refractivity contribution in [2.45, 2.75) is 26.2 Å². The van der Waals surface area contributed by atoms with Crippen LogP contribution in [-0.4, -0.2) is 35.5 Å². The number of hydrogen-bond acceptors (Lipinski definition) is 2. The second kappa shape index (κ2) is 8.05. The van der Waals surface area contributed by atoms with Crippen molar-refractivity contribution >= 4 is 16.8 Å². The van der Waals surface area contributed by atoms with E-state index in [1.807, 2.05) is 42.2 Å². The van der Waals surface area contributed by atoms with Crippen LogP contribution < -0.4 is 4.74 Å². The number of rotatable bonds is 5. The third-order valence-corrected chi connectivity index (χ3v) is 5.61. The normalized spacial score (nSPS) is 15.1. The molecule has 1 aromatic heterocycles. The summed E-state index contributed by atoms with van der Waals surface area (Å²) in [5.41, 5.74) is 2.70. The monoisotopic (exact) mass is 380 g/mol. The van der Waals surface area contributed by atoms with Crippen LogP contribution in [0.3, 0.4) is 0 Å². The van der Waals surface area contributed by atoms with Gasteiger partial charge in [-0.05, 0) is 61.6 Å². The molecule has 1 amide bonds. The van der Waals surface area contributed by atoms with Crippen molar-refractivity contribution in [3.05, 3.63) is 65.6 Å². The van der Waals surface area contributed by atoms with E-state index in [2.05, 4.69) is 4.98 Å². The Hall–Kier alpha value is -2.82. The van der Waals surface area contributed by atoms with Crippen molar-refractivity contribution in [3.8, 4) is 5.75 Å². The fraction of sp³-hybridized carbons (Fsp3) is 0.348. The molecule has 0 unspecified atom stereocenters. The fourth-order valence-corrected chi connectivity index (χ4v) is 3.93. The molecule has 146 valence electrons. The SMILES string of the molecule is Cc1[nH]c2ccc(F)cc2c1CC(=O)N1CCC(COc2ccccc2)CC1. The minimum atomic E-state index is -0.278. The Morgan fingerprint density at radius 2 is 1.93 bits per heavy atom. The second-order valence-corrected chi connectivity index (χ2v) is 7.54. The lowest BCUT2D eigenvalue weighted by Gasteiger charge is -2.32. The van der Waals surface area contributed by atoms with Crippen LogP contribution in [0, 0.1) is 18.7 Å². The van der Waals surface area contributed by atoms with Crippen LogP contribution in [0.5, 0.6) is 5.75 Å². The number of piperidine rings is 1. The van der Waals surface area contributed by atoms with Gasteiger partial charge in [-0.3, -0.25) is 4.79 Å². The summed E-state index contributed by atoms with van der Waals surface area (Å²) >= 11 is 0. The second-order valence-electron chi connectivity index (χ2n) is 7.54. The Kier molecular flexibility index (Phi) is 5.33. The highest BCUT2D eigenvalue weighted by molar-refractivity contribution is 5.90. The van der Waals surface area contributed by atoms with Gasteiger partial charge in [0, 0.05) is 29.7 Å². The number of aromatic amines is 1. The van der Waals surface area contributed by atoms with E-state index in [1.54, 1.807) is 6.07 Å². The lowest BCUT2D eigenvalue weighted by molar-refractivity contribution is -0.132. The summed E-state index contributed by atoms with van der Waals surface area (Å²) in [7, 11) is 0. The van der Waals surface area contributed by atoms with Gasteiger partial charge < -0.3 is 14.6 Å². The molecule has 1 N–H and O–H groups in total. The first-order chi connectivity index (χ1) is 13.6. The summed E-state index contributed by atoms with van der Waals surface area (Å²) in [6, 6.07) is 14.5. The molecule has 0 aliphatic carbocycles. The zero-order valence-electron chi connectivity index (χ0n) is 16.1. The van der Waals surface area contributed by atoms with Gasteiger partial charge in [0.25, 0.3) is 0 Å². The molecule has 1 aliphatic rings. The molecular weight excluding hydrogens is 355 g/mol. The van der Waals surface area contributed by atoms with E-state index < -0.39 is 0 Å². The number of carbonyl (C=O) groups excluding carboxylic acids is 1. The van der Waals surface area contributed by atoms with Crippen molar-refractivity contribution in [2.24, 2.45) is 5.92 Å². The molecule has 2 aromatic carbocycles. The average Bonchev–Trinajstić information content (AvgIpc) is 3.02. The maximum absolute atomic E-state index is 13.6. The number of halogens is 1. The Balaban J connectivity index is 1.33. The molecule has 1 aliphatic heterocycles. The minimum Gasteiger partial charge on any atom is -0.493 e. The number of likely N-dealkylation sites (tertiary alicyclic amines) is 1. The van der Waals surface area contributed by atoms with Gasteiger partial charge in [-0.25, -0.2) is 4.39 Å². The molecule has 0 bridgehead atoms. The van der Waals surface area contributed by atoms with Crippen LogP contribution in [0.25, 0.3) is 10.9 Å². The number of carbonyl (C=O) groups is 1. The van der Waals surface area contributed by atoms with Crippen LogP contribution in [0.15, 0.2) is 48.5 Å². The molecule has 4 rings (SSSR count). The predicted molar refractivity (Wildman–Crippen MR) is 108 cm³/mol. The minimum absolute atomic E-state index is 0.107. The van der Waals surface area contributed by atoms with Crippen molar-refractivity contribution in [1.29, 1.82) is 0 Å². The summed E-state index contributed by atoms with van der Waals surface area (Å²) < 4.78 is 19.5. The fourth-order valence-electron chi connectivity index (χ4n) is 3.93. The maximum atomic E-state index is 13.6. The number of para-hydroxylation sites is 1. The van der Waals surface area contributed by atoms with E-state index in [4.69, 9.17) is 4.74 Å². The standard InChI is InChI=1S/C23H25FN2O2/c1-16-20(21-13-18(24)7-8-22(21)25-16)14-23(27)26-11-9-17(10-12-26)15-28-19-5-3-2-4-6-19/h2-8,13,17,25H,9-12,14-15H2,1H3. The van der Waals surface area contributed by atoms with Crippen molar-refractivity contribution in [1.82, 2.24) is 9.88 Å². The van der Waals surface area contributed by atoms with Gasteiger partial charge in [0.05, 0.1) is 13.0 Å². The highest BCUT2D eigenvalue weighted by Gasteiger charge is 2.24. The highest BCUT2D eigenvalue weighted by atomic mass is 19.1. The highest BCUT2D eigenvalue weighted by Crippen LogP contribution is 2.25. The number of hydrogen-bond donors (Lipinski definition) is 1. The molecule has 1 saturated heterocycles. The van der Waals surface area contributed by atoms with E-state index in [1.165, 1.54) is 12.1 Å². The Morgan fingerprint density at radius 3 is 2.68 bits per heavy atom. The molecule has 0 atom stereocenters. The molecule has 28 heavy (non-hydrogen) atoms. The number of ether oxygens (including phenoxy) is 1. The third kappa shape index (κ3) is 4.03. The molecule has 0 radical (unpaired) electrons. The molecule has 1 fully saturated rings. The zero-order chi connectivity index (χ0) is 19.5. The van der Waals surface area contributed by atoms with Crippen molar-refractivity contribution in [2.75, 3.05) is 19.7 Å². The van der Waals surface area contributed by atoms with E-state index in [0.29, 0.717) is 18.9 Å². The van der Waals surface area contributed by atoms with Crippen molar-refractivity contribution < 1.29 is 13.9 Å². The Morgan fingerprint density at radius 1 is 1.18 bits per heavy atom. The average molecular weight is 380 g/mol. The molecular formula is C23H25FN2O2. The smallest absolute Gasteiger partial charge is 0.227 e. The molecule has 0 spiro atoms. The van der Waals surface area contributed by atoms with Crippen molar-refractivity contribution in [3.63, 3.8) is 0 Å². The summed E-state index contributed by atoms with van der Waals surface area (Å²) in [6.45, 7) is 4.12. The summed E-state index contributed by atoms with van der Waals surface area (Å²) in [6.07, 6.45) is 2.20. The number of benzene rings is 2. The number of amides is 1. The quantitative estimate of drug-likeness (QED) is 0.710. The van der Waals surface area contributed by atoms with Gasteiger partial charge in [0.2, 0.25) is 5.91 Å². The molecule has 0 saturated carbocycles. The zero-order valence-corrected chi connectivity index (χ0v) is 16.1. The first-order valence-electron chi connectivity index (χ1n) is 9.82. The predicted octanol–water partition coefficient (Wildman–Crippen LogP) is 4.48. The van der Waals surface area contributed by atoms with Crippen LogP contribution in [-0.2, 0) is 11.2 Å². The van der Waals surface area contributed by atoms with E-state index in [9.17, 15) is 9.18 Å². The van der Waals surface area contributed by atoms with Gasteiger partial charge >= 0.3 is 0 Å². The Bertz CT molecular complexity index is 959. The number of nitrogens with one attached hydrogen (secondary N) is 1. The van der Waals surface area contributed by atoms with Crippen LogP contribution >= 0.6 is 0 Å². The number of aromatic nitrogens is 1. The van der Waals surface area contributed by atoms with Gasteiger partial charge in [-0.1, -0.05) is 18.2 Å². The number of H-pyrrole nitrogens is 1.